The van der Waals surface area contributed by atoms with E-state index < -0.39 is 0 Å². The molecule has 1 aromatic heterocycles. The molecule has 166 valence electrons. The minimum atomic E-state index is -0.120. The number of carbonyl (C=O) groups excluding carboxylic acids is 1. The molecule has 0 aliphatic carbocycles. The maximum atomic E-state index is 12.9. The van der Waals surface area contributed by atoms with Crippen molar-refractivity contribution in [3.8, 4) is 0 Å². The van der Waals surface area contributed by atoms with Crippen LogP contribution in [0.15, 0.2) is 72.8 Å². The average molecular weight is 438 g/mol. The minimum Gasteiger partial charge on any atom is -0.341 e. The maximum absolute atomic E-state index is 12.9. The SMILES string of the molecule is Cc1cc(Nc2ccc(NC(=O)c3cccc4ccccc34)cc2)nc(N2CCCCC2)n1. The van der Waals surface area contributed by atoms with E-state index in [9.17, 15) is 4.79 Å². The molecule has 0 atom stereocenters. The van der Waals surface area contributed by atoms with Gasteiger partial charge in [0.05, 0.1) is 0 Å². The standard InChI is InChI=1S/C27H27N5O/c1-19-18-25(31-27(28-19)32-16-5-2-6-17-32)29-21-12-14-22(15-13-21)30-26(33)24-11-7-9-20-8-3-4-10-23(20)24/h3-4,7-15,18H,2,5-6,16-17H2,1H3,(H,30,33)(H,28,29,31). The molecule has 2 N–H and O–H groups in total. The Morgan fingerprint density at radius 1 is 0.848 bits per heavy atom. The molecule has 1 aliphatic rings. The molecule has 1 saturated heterocycles. The maximum Gasteiger partial charge on any atom is 0.256 e. The average Bonchev–Trinajstić information content (AvgIpc) is 2.85. The first-order valence-corrected chi connectivity index (χ1v) is 11.4. The van der Waals surface area contributed by atoms with Crippen molar-refractivity contribution in [2.24, 2.45) is 0 Å². The summed E-state index contributed by atoms with van der Waals surface area (Å²) in [5.41, 5.74) is 3.25. The summed E-state index contributed by atoms with van der Waals surface area (Å²) in [4.78, 5) is 24.5. The molecular formula is C27H27N5O. The van der Waals surface area contributed by atoms with E-state index in [1.807, 2.05) is 79.7 Å². The fraction of sp³-hybridized carbons (Fsp3) is 0.222. The van der Waals surface area contributed by atoms with Crippen LogP contribution in [0.1, 0.15) is 35.3 Å². The summed E-state index contributed by atoms with van der Waals surface area (Å²) in [7, 11) is 0. The van der Waals surface area contributed by atoms with Gasteiger partial charge in [-0.25, -0.2) is 4.98 Å². The molecule has 0 radical (unpaired) electrons. The third-order valence-electron chi connectivity index (χ3n) is 5.93. The molecule has 6 heteroatoms. The number of piperidine rings is 1. The molecule has 3 aromatic carbocycles. The molecule has 33 heavy (non-hydrogen) atoms. The van der Waals surface area contributed by atoms with E-state index in [-0.39, 0.29) is 5.91 Å². The highest BCUT2D eigenvalue weighted by molar-refractivity contribution is 6.12. The lowest BCUT2D eigenvalue weighted by molar-refractivity contribution is 0.102. The molecule has 0 bridgehead atoms. The zero-order valence-corrected chi connectivity index (χ0v) is 18.7. The first-order valence-electron chi connectivity index (χ1n) is 11.4. The molecule has 1 amide bonds. The molecule has 4 aromatic rings. The van der Waals surface area contributed by atoms with Crippen molar-refractivity contribution in [1.29, 1.82) is 0 Å². The van der Waals surface area contributed by atoms with Crippen LogP contribution in [-0.4, -0.2) is 29.0 Å². The van der Waals surface area contributed by atoms with Gasteiger partial charge in [0.25, 0.3) is 5.91 Å². The molecule has 1 fully saturated rings. The highest BCUT2D eigenvalue weighted by atomic mass is 16.1. The fourth-order valence-electron chi connectivity index (χ4n) is 4.26. The minimum absolute atomic E-state index is 0.120. The quantitative estimate of drug-likeness (QED) is 0.405. The Labute approximate surface area is 193 Å². The highest BCUT2D eigenvalue weighted by Gasteiger charge is 2.15. The number of nitrogens with zero attached hydrogens (tertiary/aromatic N) is 3. The van der Waals surface area contributed by atoms with Gasteiger partial charge in [-0.15, -0.1) is 0 Å². The van der Waals surface area contributed by atoms with Gasteiger partial charge in [-0.1, -0.05) is 36.4 Å². The van der Waals surface area contributed by atoms with Crippen molar-refractivity contribution in [2.75, 3.05) is 28.6 Å². The Kier molecular flexibility index (Phi) is 5.89. The first-order chi connectivity index (χ1) is 16.2. The molecule has 6 nitrogen and oxygen atoms in total. The van der Waals surface area contributed by atoms with Crippen LogP contribution in [0.5, 0.6) is 0 Å². The first kappa shape index (κ1) is 20.9. The van der Waals surface area contributed by atoms with Gasteiger partial charge < -0.3 is 15.5 Å². The van der Waals surface area contributed by atoms with Gasteiger partial charge in [-0.05, 0) is 67.3 Å². The number of anilines is 4. The van der Waals surface area contributed by atoms with Gasteiger partial charge in [-0.3, -0.25) is 4.79 Å². The van der Waals surface area contributed by atoms with Gasteiger partial charge >= 0.3 is 0 Å². The molecule has 0 saturated carbocycles. The number of nitrogens with one attached hydrogen (secondary N) is 2. The van der Waals surface area contributed by atoms with Crippen LogP contribution >= 0.6 is 0 Å². The normalized spacial score (nSPS) is 13.7. The van der Waals surface area contributed by atoms with E-state index in [1.54, 1.807) is 0 Å². The summed E-state index contributed by atoms with van der Waals surface area (Å²) in [6.07, 6.45) is 3.65. The molecule has 0 spiro atoms. The number of fused-ring (bicyclic) bond motifs is 1. The summed E-state index contributed by atoms with van der Waals surface area (Å²) < 4.78 is 0. The third-order valence-corrected chi connectivity index (χ3v) is 5.93. The Balaban J connectivity index is 1.29. The van der Waals surface area contributed by atoms with Crippen molar-refractivity contribution in [1.82, 2.24) is 9.97 Å². The van der Waals surface area contributed by atoms with Crippen LogP contribution in [0, 0.1) is 6.92 Å². The van der Waals surface area contributed by atoms with E-state index in [2.05, 4.69) is 20.5 Å². The van der Waals surface area contributed by atoms with Gasteiger partial charge in [0.1, 0.15) is 5.82 Å². The largest absolute Gasteiger partial charge is 0.341 e. The van der Waals surface area contributed by atoms with Gasteiger partial charge in [0.15, 0.2) is 0 Å². The van der Waals surface area contributed by atoms with Crippen LogP contribution in [0.2, 0.25) is 0 Å². The number of hydrogen-bond acceptors (Lipinski definition) is 5. The molecule has 1 aliphatic heterocycles. The molecule has 5 rings (SSSR count). The number of rotatable bonds is 5. The number of aryl methyl sites for hydroxylation is 1. The molecular weight excluding hydrogens is 410 g/mol. The second-order valence-corrected chi connectivity index (χ2v) is 8.43. The summed E-state index contributed by atoms with van der Waals surface area (Å²) in [6.45, 7) is 4.01. The Bertz CT molecular complexity index is 1270. The van der Waals surface area contributed by atoms with Crippen LogP contribution in [0.4, 0.5) is 23.1 Å². The Morgan fingerprint density at radius 2 is 1.58 bits per heavy atom. The van der Waals surface area contributed by atoms with Gasteiger partial charge in [-0.2, -0.15) is 4.98 Å². The van der Waals surface area contributed by atoms with E-state index >= 15 is 0 Å². The van der Waals surface area contributed by atoms with Gasteiger partial charge in [0, 0.05) is 41.8 Å². The van der Waals surface area contributed by atoms with E-state index in [4.69, 9.17) is 4.98 Å². The zero-order valence-electron chi connectivity index (χ0n) is 18.7. The fourth-order valence-corrected chi connectivity index (χ4v) is 4.26. The second-order valence-electron chi connectivity index (χ2n) is 8.43. The monoisotopic (exact) mass is 437 g/mol. The smallest absolute Gasteiger partial charge is 0.256 e. The number of carbonyl (C=O) groups is 1. The van der Waals surface area contributed by atoms with Gasteiger partial charge in [0.2, 0.25) is 5.95 Å². The lowest BCUT2D eigenvalue weighted by atomic mass is 10.0. The lowest BCUT2D eigenvalue weighted by Gasteiger charge is -2.27. The lowest BCUT2D eigenvalue weighted by Crippen LogP contribution is -2.31. The zero-order chi connectivity index (χ0) is 22.6. The number of hydrogen-bond donors (Lipinski definition) is 2. The number of amides is 1. The summed E-state index contributed by atoms with van der Waals surface area (Å²) >= 11 is 0. The van der Waals surface area contributed by atoms with Crippen molar-refractivity contribution in [3.05, 3.63) is 84.1 Å². The van der Waals surface area contributed by atoms with Crippen LogP contribution in [-0.2, 0) is 0 Å². The van der Waals surface area contributed by atoms with Crippen LogP contribution in [0.25, 0.3) is 10.8 Å². The topological polar surface area (TPSA) is 70.2 Å². The Morgan fingerprint density at radius 3 is 2.39 bits per heavy atom. The highest BCUT2D eigenvalue weighted by Crippen LogP contribution is 2.23. The molecule has 2 heterocycles. The van der Waals surface area contributed by atoms with E-state index in [0.29, 0.717) is 5.56 Å². The van der Waals surface area contributed by atoms with Crippen molar-refractivity contribution in [3.63, 3.8) is 0 Å². The molecule has 0 unspecified atom stereocenters. The van der Waals surface area contributed by atoms with E-state index in [1.165, 1.54) is 19.3 Å². The van der Waals surface area contributed by atoms with E-state index in [0.717, 1.165) is 52.7 Å². The van der Waals surface area contributed by atoms with Crippen LogP contribution < -0.4 is 15.5 Å². The van der Waals surface area contributed by atoms with Crippen molar-refractivity contribution in [2.45, 2.75) is 26.2 Å². The number of aromatic nitrogens is 2. The predicted octanol–water partition coefficient (Wildman–Crippen LogP) is 5.92. The summed E-state index contributed by atoms with van der Waals surface area (Å²) in [6, 6.07) is 23.3. The summed E-state index contributed by atoms with van der Waals surface area (Å²) in [5.74, 6) is 1.44. The van der Waals surface area contributed by atoms with Crippen molar-refractivity contribution >= 4 is 39.8 Å². The third kappa shape index (κ3) is 4.80. The Hall–Kier alpha value is -3.93. The van der Waals surface area contributed by atoms with Crippen molar-refractivity contribution < 1.29 is 4.79 Å². The summed E-state index contributed by atoms with van der Waals surface area (Å²) in [5, 5.41) is 8.37. The second kappa shape index (κ2) is 9.28. The number of benzene rings is 3. The van der Waals surface area contributed by atoms with Crippen LogP contribution in [0.3, 0.4) is 0 Å². The predicted molar refractivity (Wildman–Crippen MR) is 134 cm³/mol.